The van der Waals surface area contributed by atoms with Crippen LogP contribution < -0.4 is 10.1 Å². The molecule has 0 aliphatic carbocycles. The molecule has 1 unspecified atom stereocenters. The summed E-state index contributed by atoms with van der Waals surface area (Å²) in [4.78, 5) is 0. The first-order valence-electron chi connectivity index (χ1n) is 6.73. The molecule has 1 aliphatic heterocycles. The van der Waals surface area contributed by atoms with E-state index in [1.165, 1.54) is 18.4 Å². The third-order valence-corrected chi connectivity index (χ3v) is 3.35. The quantitative estimate of drug-likeness (QED) is 0.864. The van der Waals surface area contributed by atoms with Crippen LogP contribution >= 0.6 is 0 Å². The van der Waals surface area contributed by atoms with Gasteiger partial charge < -0.3 is 10.1 Å². The number of hydrogen-bond acceptors (Lipinski definition) is 2. The van der Waals surface area contributed by atoms with Crippen LogP contribution in [0.5, 0.6) is 5.75 Å². The summed E-state index contributed by atoms with van der Waals surface area (Å²) in [7, 11) is 0. The lowest BCUT2D eigenvalue weighted by molar-refractivity contribution is 0.187. The zero-order chi connectivity index (χ0) is 12.1. The first-order valence-corrected chi connectivity index (χ1v) is 6.73. The Balaban J connectivity index is 1.99. The smallest absolute Gasteiger partial charge is 0.120 e. The fourth-order valence-corrected chi connectivity index (χ4v) is 2.24. The number of benzene rings is 1. The molecule has 1 saturated heterocycles. The topological polar surface area (TPSA) is 21.3 Å². The van der Waals surface area contributed by atoms with Crippen molar-refractivity contribution in [1.82, 2.24) is 5.32 Å². The van der Waals surface area contributed by atoms with Crippen LogP contribution in [0.15, 0.2) is 24.3 Å². The van der Waals surface area contributed by atoms with E-state index in [0.717, 1.165) is 25.3 Å². The van der Waals surface area contributed by atoms with Gasteiger partial charge in [-0.05, 0) is 56.0 Å². The highest BCUT2D eigenvalue weighted by Crippen LogP contribution is 2.22. The van der Waals surface area contributed by atoms with Gasteiger partial charge >= 0.3 is 0 Å². The molecule has 17 heavy (non-hydrogen) atoms. The number of nitrogens with one attached hydrogen (secondary N) is 1. The van der Waals surface area contributed by atoms with E-state index < -0.39 is 0 Å². The summed E-state index contributed by atoms with van der Waals surface area (Å²) >= 11 is 0. The fraction of sp³-hybridized carbons (Fsp3) is 0.600. The van der Waals surface area contributed by atoms with Crippen molar-refractivity contribution in [3.63, 3.8) is 0 Å². The van der Waals surface area contributed by atoms with Crippen molar-refractivity contribution in [2.24, 2.45) is 0 Å². The van der Waals surface area contributed by atoms with E-state index in [-0.39, 0.29) is 0 Å². The van der Waals surface area contributed by atoms with Gasteiger partial charge in [0.15, 0.2) is 0 Å². The lowest BCUT2D eigenvalue weighted by atomic mass is 10.0. The zero-order valence-corrected chi connectivity index (χ0v) is 10.9. The molecule has 1 aliphatic rings. The summed E-state index contributed by atoms with van der Waals surface area (Å²) in [5, 5.41) is 3.41. The highest BCUT2D eigenvalue weighted by Gasteiger charge is 2.13. The highest BCUT2D eigenvalue weighted by atomic mass is 16.5. The Labute approximate surface area is 104 Å². The molecule has 1 fully saturated rings. The van der Waals surface area contributed by atoms with Crippen LogP contribution in [0.2, 0.25) is 0 Å². The normalized spacial score (nSPS) is 21.2. The van der Waals surface area contributed by atoms with E-state index in [1.807, 2.05) is 0 Å². The van der Waals surface area contributed by atoms with Crippen LogP contribution in [0.1, 0.15) is 44.6 Å². The maximum Gasteiger partial charge on any atom is 0.120 e. The van der Waals surface area contributed by atoms with Crippen molar-refractivity contribution < 1.29 is 4.74 Å². The van der Waals surface area contributed by atoms with E-state index in [2.05, 4.69) is 43.4 Å². The molecular weight excluding hydrogens is 210 g/mol. The Morgan fingerprint density at radius 2 is 2.12 bits per heavy atom. The number of hydrogen-bond donors (Lipinski definition) is 1. The van der Waals surface area contributed by atoms with Gasteiger partial charge in [-0.2, -0.15) is 0 Å². The van der Waals surface area contributed by atoms with Gasteiger partial charge in [-0.15, -0.1) is 0 Å². The van der Waals surface area contributed by atoms with Crippen LogP contribution in [-0.2, 0) is 0 Å². The molecule has 0 spiro atoms. The summed E-state index contributed by atoms with van der Waals surface area (Å²) < 4.78 is 6.09. The van der Waals surface area contributed by atoms with E-state index in [4.69, 9.17) is 4.74 Å². The second-order valence-electron chi connectivity index (χ2n) is 5.15. The molecule has 0 aromatic heterocycles. The minimum Gasteiger partial charge on any atom is -0.490 e. The molecule has 2 nitrogen and oxygen atoms in total. The minimum atomic E-state index is 0.382. The van der Waals surface area contributed by atoms with Crippen LogP contribution in [0, 0.1) is 0 Å². The van der Waals surface area contributed by atoms with Gasteiger partial charge in [-0.3, -0.25) is 0 Å². The third kappa shape index (κ3) is 3.74. The van der Waals surface area contributed by atoms with Gasteiger partial charge in [0.25, 0.3) is 0 Å². The van der Waals surface area contributed by atoms with Crippen LogP contribution in [0.3, 0.4) is 0 Å². The molecule has 0 radical (unpaired) electrons. The SMILES string of the molecule is CC(C)c1cccc(OC2CCCNCC2)c1. The maximum atomic E-state index is 6.09. The molecule has 0 saturated carbocycles. The van der Waals surface area contributed by atoms with Crippen molar-refractivity contribution >= 4 is 0 Å². The summed E-state index contributed by atoms with van der Waals surface area (Å²) in [6, 6.07) is 8.53. The van der Waals surface area contributed by atoms with E-state index in [9.17, 15) is 0 Å². The average molecular weight is 233 g/mol. The Hall–Kier alpha value is -1.02. The Bertz CT molecular complexity index is 341. The third-order valence-electron chi connectivity index (χ3n) is 3.35. The van der Waals surface area contributed by atoms with Crippen molar-refractivity contribution in [2.45, 2.75) is 45.1 Å². The molecule has 2 rings (SSSR count). The fourth-order valence-electron chi connectivity index (χ4n) is 2.24. The zero-order valence-electron chi connectivity index (χ0n) is 10.9. The van der Waals surface area contributed by atoms with Gasteiger partial charge in [0.2, 0.25) is 0 Å². The van der Waals surface area contributed by atoms with Gasteiger partial charge in [-0.1, -0.05) is 26.0 Å². The van der Waals surface area contributed by atoms with Gasteiger partial charge in [0.05, 0.1) is 6.10 Å². The number of ether oxygens (including phenoxy) is 1. The maximum absolute atomic E-state index is 6.09. The van der Waals surface area contributed by atoms with Crippen LogP contribution in [-0.4, -0.2) is 19.2 Å². The monoisotopic (exact) mass is 233 g/mol. The molecule has 94 valence electrons. The summed E-state index contributed by atoms with van der Waals surface area (Å²) in [5.41, 5.74) is 1.36. The summed E-state index contributed by atoms with van der Waals surface area (Å²) in [5.74, 6) is 1.59. The Morgan fingerprint density at radius 1 is 1.24 bits per heavy atom. The van der Waals surface area contributed by atoms with Gasteiger partial charge in [0, 0.05) is 0 Å². The lowest BCUT2D eigenvalue weighted by Crippen LogP contribution is -2.19. The first kappa shape index (κ1) is 12.4. The highest BCUT2D eigenvalue weighted by molar-refractivity contribution is 5.30. The second-order valence-corrected chi connectivity index (χ2v) is 5.15. The second kappa shape index (κ2) is 6.06. The molecule has 1 aromatic carbocycles. The minimum absolute atomic E-state index is 0.382. The Kier molecular flexibility index (Phi) is 4.43. The molecular formula is C15H23NO. The largest absolute Gasteiger partial charge is 0.490 e. The molecule has 1 atom stereocenters. The predicted octanol–water partition coefficient (Wildman–Crippen LogP) is 3.33. The molecule has 1 aromatic rings. The molecule has 0 amide bonds. The van der Waals surface area contributed by atoms with Crippen molar-refractivity contribution in [1.29, 1.82) is 0 Å². The molecule has 0 bridgehead atoms. The lowest BCUT2D eigenvalue weighted by Gasteiger charge is -2.17. The average Bonchev–Trinajstić information content (AvgIpc) is 2.58. The molecule has 1 N–H and O–H groups in total. The van der Waals surface area contributed by atoms with Gasteiger partial charge in [-0.25, -0.2) is 0 Å². The first-order chi connectivity index (χ1) is 8.25. The standard InChI is InChI=1S/C15H23NO/c1-12(2)13-5-3-6-15(11-13)17-14-7-4-9-16-10-8-14/h3,5-6,11-12,14,16H,4,7-10H2,1-2H3. The molecule has 1 heterocycles. The predicted molar refractivity (Wildman–Crippen MR) is 71.7 cm³/mol. The number of rotatable bonds is 3. The summed E-state index contributed by atoms with van der Waals surface area (Å²) in [6.45, 7) is 6.64. The van der Waals surface area contributed by atoms with Crippen LogP contribution in [0.4, 0.5) is 0 Å². The van der Waals surface area contributed by atoms with Crippen molar-refractivity contribution in [2.75, 3.05) is 13.1 Å². The molecule has 2 heteroatoms. The van der Waals surface area contributed by atoms with Crippen molar-refractivity contribution in [3.05, 3.63) is 29.8 Å². The van der Waals surface area contributed by atoms with Gasteiger partial charge in [0.1, 0.15) is 5.75 Å². The van der Waals surface area contributed by atoms with E-state index >= 15 is 0 Å². The van der Waals surface area contributed by atoms with E-state index in [1.54, 1.807) is 0 Å². The summed E-state index contributed by atoms with van der Waals surface area (Å²) in [6.07, 6.45) is 3.88. The van der Waals surface area contributed by atoms with E-state index in [0.29, 0.717) is 12.0 Å². The van der Waals surface area contributed by atoms with Crippen LogP contribution in [0.25, 0.3) is 0 Å². The van der Waals surface area contributed by atoms with Crippen molar-refractivity contribution in [3.8, 4) is 5.75 Å². The Morgan fingerprint density at radius 3 is 2.94 bits per heavy atom.